The Bertz CT molecular complexity index is 1240. The van der Waals surface area contributed by atoms with Gasteiger partial charge in [0.15, 0.2) is 17.1 Å². The summed E-state index contributed by atoms with van der Waals surface area (Å²) >= 11 is 0. The van der Waals surface area contributed by atoms with Gasteiger partial charge in [0.2, 0.25) is 0 Å². The van der Waals surface area contributed by atoms with E-state index >= 15 is 0 Å². The fraction of sp³-hybridized carbons (Fsp3) is 0.250. The van der Waals surface area contributed by atoms with Crippen molar-refractivity contribution in [3.8, 4) is 23.3 Å². The third kappa shape index (κ3) is 3.23. The van der Waals surface area contributed by atoms with Gasteiger partial charge >= 0.3 is 0 Å². The maximum atomic E-state index is 10.8. The summed E-state index contributed by atoms with van der Waals surface area (Å²) in [6.45, 7) is 1.96. The number of nitrogens with one attached hydrogen (secondary N) is 1. The molecule has 150 valence electrons. The van der Waals surface area contributed by atoms with E-state index in [4.69, 9.17) is 9.15 Å². The lowest BCUT2D eigenvalue weighted by Crippen LogP contribution is -2.26. The van der Waals surface area contributed by atoms with Crippen molar-refractivity contribution in [2.75, 3.05) is 20.2 Å². The molecule has 2 aliphatic heterocycles. The van der Waals surface area contributed by atoms with E-state index < -0.39 is 0 Å². The summed E-state index contributed by atoms with van der Waals surface area (Å²) in [5.74, 6) is 7.97. The molecule has 0 radical (unpaired) electrons. The van der Waals surface area contributed by atoms with E-state index in [9.17, 15) is 5.11 Å². The molecule has 2 aliphatic rings. The molecule has 2 aromatic carbocycles. The molecular formula is C24H21N3O3. The number of aromatic hydroxyl groups is 1. The van der Waals surface area contributed by atoms with E-state index in [1.165, 1.54) is 0 Å². The molecule has 0 amide bonds. The zero-order valence-electron chi connectivity index (χ0n) is 16.6. The van der Waals surface area contributed by atoms with Crippen molar-refractivity contribution in [2.45, 2.75) is 12.8 Å². The number of rotatable bonds is 2. The fourth-order valence-electron chi connectivity index (χ4n) is 3.84. The minimum Gasteiger partial charge on any atom is -0.504 e. The van der Waals surface area contributed by atoms with Crippen molar-refractivity contribution < 1.29 is 14.3 Å². The van der Waals surface area contributed by atoms with Crippen molar-refractivity contribution in [1.82, 2.24) is 5.32 Å². The molecule has 0 spiro atoms. The van der Waals surface area contributed by atoms with Gasteiger partial charge in [-0.2, -0.15) is 0 Å². The van der Waals surface area contributed by atoms with Gasteiger partial charge in [-0.05, 0) is 44.1 Å². The number of hydrogen-bond donors (Lipinski definition) is 2. The normalized spacial score (nSPS) is 17.2. The summed E-state index contributed by atoms with van der Waals surface area (Å²) in [7, 11) is 1.61. The first-order chi connectivity index (χ1) is 14.7. The number of nitrogens with zero attached hydrogens (tertiary/aromatic N) is 2. The van der Waals surface area contributed by atoms with E-state index in [1.54, 1.807) is 19.3 Å². The first kappa shape index (κ1) is 18.5. The molecule has 1 fully saturated rings. The molecule has 30 heavy (non-hydrogen) atoms. The largest absolute Gasteiger partial charge is 0.504 e. The Morgan fingerprint density at radius 1 is 1.17 bits per heavy atom. The SMILES string of the molecule is COc1ccc2c(O)c(C=C3N=Nc4ccccc43)oc2c1C#CC1CCNCC1. The van der Waals surface area contributed by atoms with E-state index in [0.717, 1.165) is 37.2 Å². The number of fused-ring (bicyclic) bond motifs is 2. The van der Waals surface area contributed by atoms with E-state index in [-0.39, 0.29) is 5.75 Å². The molecule has 0 saturated carbocycles. The summed E-state index contributed by atoms with van der Waals surface area (Å²) in [5, 5.41) is 23.1. The van der Waals surface area contributed by atoms with Gasteiger partial charge in [0.1, 0.15) is 11.3 Å². The highest BCUT2D eigenvalue weighted by molar-refractivity contribution is 5.96. The highest BCUT2D eigenvalue weighted by atomic mass is 16.5. The van der Waals surface area contributed by atoms with Crippen LogP contribution in [0.4, 0.5) is 5.69 Å². The summed E-state index contributed by atoms with van der Waals surface area (Å²) < 4.78 is 11.6. The van der Waals surface area contributed by atoms with Crippen molar-refractivity contribution in [1.29, 1.82) is 0 Å². The second-order valence-electron chi connectivity index (χ2n) is 7.37. The lowest BCUT2D eigenvalue weighted by Gasteiger charge is -2.17. The minimum atomic E-state index is 0.0599. The highest BCUT2D eigenvalue weighted by Gasteiger charge is 2.20. The zero-order valence-corrected chi connectivity index (χ0v) is 16.6. The van der Waals surface area contributed by atoms with Crippen molar-refractivity contribution >= 4 is 28.4 Å². The van der Waals surface area contributed by atoms with E-state index in [2.05, 4.69) is 27.4 Å². The van der Waals surface area contributed by atoms with Crippen molar-refractivity contribution in [3.63, 3.8) is 0 Å². The molecule has 1 saturated heterocycles. The van der Waals surface area contributed by atoms with Crippen LogP contribution < -0.4 is 10.1 Å². The molecule has 0 unspecified atom stereocenters. The molecule has 3 aromatic rings. The monoisotopic (exact) mass is 399 g/mol. The number of hydrogen-bond acceptors (Lipinski definition) is 6. The first-order valence-corrected chi connectivity index (χ1v) is 10.0. The molecular weight excluding hydrogens is 378 g/mol. The number of piperidine rings is 1. The Hall–Kier alpha value is -3.56. The predicted octanol–water partition coefficient (Wildman–Crippen LogP) is 5.09. The van der Waals surface area contributed by atoms with Gasteiger partial charge in [-0.3, -0.25) is 0 Å². The van der Waals surface area contributed by atoms with Crippen LogP contribution in [0.3, 0.4) is 0 Å². The summed E-state index contributed by atoms with van der Waals surface area (Å²) in [4.78, 5) is 0. The maximum Gasteiger partial charge on any atom is 0.172 e. The number of azo groups is 1. The van der Waals surface area contributed by atoms with Gasteiger partial charge in [-0.25, -0.2) is 0 Å². The molecule has 6 heteroatoms. The van der Waals surface area contributed by atoms with Gasteiger partial charge in [0, 0.05) is 17.6 Å². The minimum absolute atomic E-state index is 0.0599. The Morgan fingerprint density at radius 2 is 2.00 bits per heavy atom. The smallest absolute Gasteiger partial charge is 0.172 e. The number of methoxy groups -OCH3 is 1. The number of benzene rings is 2. The molecule has 0 bridgehead atoms. The second-order valence-corrected chi connectivity index (χ2v) is 7.37. The van der Waals surface area contributed by atoms with Gasteiger partial charge < -0.3 is 19.6 Å². The van der Waals surface area contributed by atoms with Crippen LogP contribution in [0.1, 0.15) is 29.7 Å². The van der Waals surface area contributed by atoms with Crippen molar-refractivity contribution in [3.05, 3.63) is 53.3 Å². The summed E-state index contributed by atoms with van der Waals surface area (Å²) in [5.41, 5.74) is 3.52. The predicted molar refractivity (Wildman–Crippen MR) is 116 cm³/mol. The highest BCUT2D eigenvalue weighted by Crippen LogP contribution is 2.41. The molecule has 0 atom stereocenters. The summed E-state index contributed by atoms with van der Waals surface area (Å²) in [6.07, 6.45) is 3.76. The average Bonchev–Trinajstić information content (AvgIpc) is 3.34. The van der Waals surface area contributed by atoms with Crippen LogP contribution in [0, 0.1) is 17.8 Å². The van der Waals surface area contributed by atoms with Crippen LogP contribution in [0.5, 0.6) is 11.5 Å². The third-order valence-corrected chi connectivity index (χ3v) is 5.49. The second kappa shape index (κ2) is 7.69. The quantitative estimate of drug-likeness (QED) is 0.588. The molecule has 2 N–H and O–H groups in total. The van der Waals surface area contributed by atoms with Crippen LogP contribution in [-0.2, 0) is 0 Å². The molecule has 5 rings (SSSR count). The van der Waals surface area contributed by atoms with E-state index in [0.29, 0.717) is 39.7 Å². The number of ether oxygens (including phenoxy) is 1. The number of furan rings is 1. The Morgan fingerprint density at radius 3 is 2.83 bits per heavy atom. The molecule has 3 heterocycles. The topological polar surface area (TPSA) is 79.3 Å². The van der Waals surface area contributed by atoms with Gasteiger partial charge in [0.05, 0.1) is 23.9 Å². The Labute approximate surface area is 174 Å². The van der Waals surface area contributed by atoms with Crippen molar-refractivity contribution in [2.24, 2.45) is 16.1 Å². The maximum absolute atomic E-state index is 10.8. The molecule has 1 aromatic heterocycles. The fourth-order valence-corrected chi connectivity index (χ4v) is 3.84. The third-order valence-electron chi connectivity index (χ3n) is 5.49. The van der Waals surface area contributed by atoms with Crippen LogP contribution >= 0.6 is 0 Å². The molecule has 0 aliphatic carbocycles. The van der Waals surface area contributed by atoms with Crippen LogP contribution in [0.15, 0.2) is 51.0 Å². The summed E-state index contributed by atoms with van der Waals surface area (Å²) in [6, 6.07) is 11.3. The van der Waals surface area contributed by atoms with Gasteiger partial charge in [-0.15, -0.1) is 10.2 Å². The zero-order chi connectivity index (χ0) is 20.5. The lowest BCUT2D eigenvalue weighted by molar-refractivity contribution is 0.413. The first-order valence-electron chi connectivity index (χ1n) is 10.0. The average molecular weight is 399 g/mol. The standard InChI is InChI=1S/C24H21N3O3/c1-29-21-9-8-18-23(28)22(14-20-16-4-2-3-5-19(16)26-27-20)30-24(18)17(21)7-6-15-10-12-25-13-11-15/h2-5,8-9,14-15,25,28H,10-13H2,1H3. The Balaban J connectivity index is 1.60. The van der Waals surface area contributed by atoms with Gasteiger partial charge in [0.25, 0.3) is 0 Å². The van der Waals surface area contributed by atoms with E-state index in [1.807, 2.05) is 30.3 Å². The van der Waals surface area contributed by atoms with Crippen LogP contribution in [0.2, 0.25) is 0 Å². The van der Waals surface area contributed by atoms with Crippen LogP contribution in [0.25, 0.3) is 22.7 Å². The van der Waals surface area contributed by atoms with Crippen LogP contribution in [-0.4, -0.2) is 25.3 Å². The lowest BCUT2D eigenvalue weighted by atomic mass is 9.98. The van der Waals surface area contributed by atoms with Gasteiger partial charge in [-0.1, -0.05) is 30.0 Å². The molecule has 6 nitrogen and oxygen atoms in total. The Kier molecular flexibility index (Phi) is 4.74.